The summed E-state index contributed by atoms with van der Waals surface area (Å²) in [6, 6.07) is 7.68. The van der Waals surface area contributed by atoms with Gasteiger partial charge in [-0.05, 0) is 37.1 Å². The van der Waals surface area contributed by atoms with Crippen LogP contribution in [0.2, 0.25) is 5.02 Å². The Morgan fingerprint density at radius 3 is 2.47 bits per heavy atom. The van der Waals surface area contributed by atoms with Crippen LogP contribution in [0, 0.1) is 0 Å². The second-order valence-electron chi connectivity index (χ2n) is 4.05. The predicted octanol–water partition coefficient (Wildman–Crippen LogP) is 2.68. The van der Waals surface area contributed by atoms with Crippen molar-refractivity contribution < 1.29 is 9.90 Å². The third kappa shape index (κ3) is 5.71. The van der Waals surface area contributed by atoms with Crippen LogP contribution in [0.15, 0.2) is 24.3 Å². The highest BCUT2D eigenvalue weighted by Gasteiger charge is 2.08. The van der Waals surface area contributed by atoms with E-state index in [1.54, 1.807) is 0 Å². The maximum absolute atomic E-state index is 10.7. The molecule has 1 aromatic rings. The van der Waals surface area contributed by atoms with Gasteiger partial charge in [0, 0.05) is 11.6 Å². The Kier molecular flexibility index (Phi) is 6.01. The van der Waals surface area contributed by atoms with Gasteiger partial charge < -0.3 is 5.11 Å². The van der Waals surface area contributed by atoms with Crippen LogP contribution in [0.5, 0.6) is 0 Å². The zero-order valence-electron chi connectivity index (χ0n) is 10.0. The fourth-order valence-corrected chi connectivity index (χ4v) is 1.84. The predicted molar refractivity (Wildman–Crippen MR) is 69.5 cm³/mol. The van der Waals surface area contributed by atoms with Gasteiger partial charge in [-0.1, -0.05) is 30.7 Å². The maximum Gasteiger partial charge on any atom is 0.317 e. The lowest BCUT2D eigenvalue weighted by Crippen LogP contribution is -2.32. The minimum Gasteiger partial charge on any atom is -0.480 e. The van der Waals surface area contributed by atoms with Gasteiger partial charge in [0.05, 0.1) is 6.54 Å². The van der Waals surface area contributed by atoms with Crippen LogP contribution in [0.1, 0.15) is 18.9 Å². The number of benzene rings is 1. The molecule has 0 aliphatic carbocycles. The Bertz CT molecular complexity index is 351. The van der Waals surface area contributed by atoms with Crippen LogP contribution >= 0.6 is 11.6 Å². The van der Waals surface area contributed by atoms with Crippen molar-refractivity contribution in [1.29, 1.82) is 0 Å². The maximum atomic E-state index is 10.7. The standard InChI is InChI=1S/C13H18ClNO2/c1-2-8-15(10-13(16)17)9-7-11-3-5-12(14)6-4-11/h3-6H,2,7-10H2,1H3,(H,16,17). The van der Waals surface area contributed by atoms with Gasteiger partial charge in [-0.3, -0.25) is 9.69 Å². The van der Waals surface area contributed by atoms with E-state index in [1.165, 1.54) is 5.56 Å². The molecule has 1 rings (SSSR count). The molecule has 17 heavy (non-hydrogen) atoms. The van der Waals surface area contributed by atoms with Crippen molar-refractivity contribution in [3.8, 4) is 0 Å². The van der Waals surface area contributed by atoms with Crippen molar-refractivity contribution in [2.24, 2.45) is 0 Å². The van der Waals surface area contributed by atoms with Crippen molar-refractivity contribution in [3.63, 3.8) is 0 Å². The quantitative estimate of drug-likeness (QED) is 0.814. The van der Waals surface area contributed by atoms with Crippen molar-refractivity contribution in [2.45, 2.75) is 19.8 Å². The van der Waals surface area contributed by atoms with Gasteiger partial charge >= 0.3 is 5.97 Å². The second-order valence-corrected chi connectivity index (χ2v) is 4.48. The van der Waals surface area contributed by atoms with Crippen LogP contribution in [-0.4, -0.2) is 35.6 Å². The number of halogens is 1. The summed E-state index contributed by atoms with van der Waals surface area (Å²) in [6.45, 7) is 3.75. The lowest BCUT2D eigenvalue weighted by atomic mass is 10.1. The van der Waals surface area contributed by atoms with E-state index >= 15 is 0 Å². The highest BCUT2D eigenvalue weighted by molar-refractivity contribution is 6.30. The summed E-state index contributed by atoms with van der Waals surface area (Å²) in [6.07, 6.45) is 1.82. The molecule has 0 amide bonds. The number of aliphatic carboxylic acids is 1. The van der Waals surface area contributed by atoms with Crippen LogP contribution in [0.4, 0.5) is 0 Å². The molecule has 0 aliphatic rings. The fourth-order valence-electron chi connectivity index (χ4n) is 1.72. The summed E-state index contributed by atoms with van der Waals surface area (Å²) < 4.78 is 0. The van der Waals surface area contributed by atoms with E-state index in [0.29, 0.717) is 0 Å². The first-order valence-electron chi connectivity index (χ1n) is 5.80. The van der Waals surface area contributed by atoms with Gasteiger partial charge in [-0.25, -0.2) is 0 Å². The second kappa shape index (κ2) is 7.30. The smallest absolute Gasteiger partial charge is 0.317 e. The molecule has 0 saturated carbocycles. The molecule has 3 nitrogen and oxygen atoms in total. The Labute approximate surface area is 107 Å². The van der Waals surface area contributed by atoms with Crippen molar-refractivity contribution in [2.75, 3.05) is 19.6 Å². The van der Waals surface area contributed by atoms with Gasteiger partial charge in [0.25, 0.3) is 0 Å². The minimum atomic E-state index is -0.769. The van der Waals surface area contributed by atoms with E-state index in [9.17, 15) is 4.79 Å². The van der Waals surface area contributed by atoms with E-state index in [-0.39, 0.29) is 6.54 Å². The molecule has 0 atom stereocenters. The molecule has 0 heterocycles. The minimum absolute atomic E-state index is 0.113. The monoisotopic (exact) mass is 255 g/mol. The van der Waals surface area contributed by atoms with Gasteiger partial charge in [0.2, 0.25) is 0 Å². The number of nitrogens with zero attached hydrogens (tertiary/aromatic N) is 1. The molecule has 1 aromatic carbocycles. The molecule has 0 saturated heterocycles. The fraction of sp³-hybridized carbons (Fsp3) is 0.462. The number of carboxylic acids is 1. The van der Waals surface area contributed by atoms with Gasteiger partial charge in [0.1, 0.15) is 0 Å². The zero-order chi connectivity index (χ0) is 12.7. The number of carboxylic acid groups (broad SMARTS) is 1. The molecule has 4 heteroatoms. The van der Waals surface area contributed by atoms with Crippen molar-refractivity contribution in [1.82, 2.24) is 4.90 Å². The molecule has 0 fully saturated rings. The van der Waals surface area contributed by atoms with Crippen LogP contribution in [0.3, 0.4) is 0 Å². The van der Waals surface area contributed by atoms with Crippen LogP contribution in [0.25, 0.3) is 0 Å². The van der Waals surface area contributed by atoms with E-state index in [2.05, 4.69) is 6.92 Å². The molecule has 0 radical (unpaired) electrons. The lowest BCUT2D eigenvalue weighted by molar-refractivity contribution is -0.138. The first-order chi connectivity index (χ1) is 8.11. The molecule has 0 unspecified atom stereocenters. The Hall–Kier alpha value is -1.06. The summed E-state index contributed by atoms with van der Waals surface area (Å²) in [5.74, 6) is -0.769. The SMILES string of the molecule is CCCN(CCc1ccc(Cl)cc1)CC(=O)O. The van der Waals surface area contributed by atoms with E-state index < -0.39 is 5.97 Å². The zero-order valence-corrected chi connectivity index (χ0v) is 10.8. The van der Waals surface area contributed by atoms with Crippen LogP contribution in [-0.2, 0) is 11.2 Å². The summed E-state index contributed by atoms with van der Waals surface area (Å²) in [4.78, 5) is 12.6. The van der Waals surface area contributed by atoms with Gasteiger partial charge in [-0.2, -0.15) is 0 Å². The highest BCUT2D eigenvalue weighted by atomic mass is 35.5. The number of hydrogen-bond acceptors (Lipinski definition) is 2. The number of hydrogen-bond donors (Lipinski definition) is 1. The van der Waals surface area contributed by atoms with Crippen LogP contribution < -0.4 is 0 Å². The summed E-state index contributed by atoms with van der Waals surface area (Å²) >= 11 is 5.80. The molecule has 1 N–H and O–H groups in total. The van der Waals surface area contributed by atoms with Crippen molar-refractivity contribution >= 4 is 17.6 Å². The Balaban J connectivity index is 2.45. The van der Waals surface area contributed by atoms with Gasteiger partial charge in [0.15, 0.2) is 0 Å². The molecule has 0 aromatic heterocycles. The third-order valence-corrected chi connectivity index (χ3v) is 2.78. The van der Waals surface area contributed by atoms with E-state index in [4.69, 9.17) is 16.7 Å². The lowest BCUT2D eigenvalue weighted by Gasteiger charge is -2.19. The molecular weight excluding hydrogens is 238 g/mol. The first-order valence-corrected chi connectivity index (χ1v) is 6.18. The third-order valence-electron chi connectivity index (χ3n) is 2.53. The average molecular weight is 256 g/mol. The largest absolute Gasteiger partial charge is 0.480 e. The van der Waals surface area contributed by atoms with E-state index in [0.717, 1.165) is 31.0 Å². The average Bonchev–Trinajstić information content (AvgIpc) is 2.27. The molecule has 0 spiro atoms. The summed E-state index contributed by atoms with van der Waals surface area (Å²) in [5.41, 5.74) is 1.18. The van der Waals surface area contributed by atoms with Crippen molar-refractivity contribution in [3.05, 3.63) is 34.9 Å². The summed E-state index contributed by atoms with van der Waals surface area (Å²) in [5, 5.41) is 9.51. The summed E-state index contributed by atoms with van der Waals surface area (Å²) in [7, 11) is 0. The first kappa shape index (κ1) is 14.0. The Morgan fingerprint density at radius 2 is 1.94 bits per heavy atom. The van der Waals surface area contributed by atoms with E-state index in [1.807, 2.05) is 29.2 Å². The number of rotatable bonds is 7. The molecular formula is C13H18ClNO2. The Morgan fingerprint density at radius 1 is 1.29 bits per heavy atom. The topological polar surface area (TPSA) is 40.5 Å². The normalized spacial score (nSPS) is 10.8. The molecule has 0 bridgehead atoms. The van der Waals surface area contributed by atoms with Gasteiger partial charge in [-0.15, -0.1) is 0 Å². The number of carbonyl (C=O) groups is 1. The molecule has 0 aliphatic heterocycles. The molecule has 94 valence electrons. The highest BCUT2D eigenvalue weighted by Crippen LogP contribution is 2.10.